The largest absolute Gasteiger partial charge is 0.324 e. The second-order valence-corrected chi connectivity index (χ2v) is 7.97. The van der Waals surface area contributed by atoms with Gasteiger partial charge in [0.05, 0.1) is 23.0 Å². The van der Waals surface area contributed by atoms with Gasteiger partial charge in [0.15, 0.2) is 0 Å². The van der Waals surface area contributed by atoms with Crippen LogP contribution in [0.1, 0.15) is 28.9 Å². The number of para-hydroxylation sites is 2. The van der Waals surface area contributed by atoms with E-state index in [1.807, 2.05) is 80.9 Å². The lowest BCUT2D eigenvalue weighted by Crippen LogP contribution is -2.29. The molecular weight excluding hydrogens is 376 g/mol. The summed E-state index contributed by atoms with van der Waals surface area (Å²) in [4.78, 5) is 27.5. The summed E-state index contributed by atoms with van der Waals surface area (Å²) in [6.45, 7) is 8.35. The minimum absolute atomic E-state index is 0.0179. The summed E-state index contributed by atoms with van der Waals surface area (Å²) < 4.78 is 1.83. The SMILES string of the molecule is Cc1cc(C)n(-c2ccccc2NC(=O)C2CC(=O)N(c3cccc(C)c3C)C2)n1. The van der Waals surface area contributed by atoms with Crippen molar-refractivity contribution in [3.05, 3.63) is 71.0 Å². The molecule has 1 fully saturated rings. The van der Waals surface area contributed by atoms with Gasteiger partial charge in [-0.3, -0.25) is 9.59 Å². The zero-order chi connectivity index (χ0) is 21.4. The zero-order valence-corrected chi connectivity index (χ0v) is 17.8. The summed E-state index contributed by atoms with van der Waals surface area (Å²) in [7, 11) is 0. The lowest BCUT2D eigenvalue weighted by atomic mass is 10.1. The minimum atomic E-state index is -0.397. The van der Waals surface area contributed by atoms with E-state index in [2.05, 4.69) is 10.4 Å². The molecule has 1 N–H and O–H groups in total. The van der Waals surface area contributed by atoms with Crippen molar-refractivity contribution >= 4 is 23.2 Å². The number of nitrogens with zero attached hydrogens (tertiary/aromatic N) is 3. The Bertz CT molecular complexity index is 1130. The summed E-state index contributed by atoms with van der Waals surface area (Å²) in [5, 5.41) is 7.56. The summed E-state index contributed by atoms with van der Waals surface area (Å²) in [5.74, 6) is -0.563. The molecule has 4 rings (SSSR count). The average Bonchev–Trinajstić information content (AvgIpc) is 3.26. The molecule has 0 bridgehead atoms. The highest BCUT2D eigenvalue weighted by Crippen LogP contribution is 2.30. The standard InChI is InChI=1S/C24H26N4O2/c1-15-8-7-11-21(18(15)4)27-14-19(13-23(27)29)24(30)25-20-9-5-6-10-22(20)28-17(3)12-16(2)26-28/h5-12,19H,13-14H2,1-4H3,(H,25,30). The molecule has 6 heteroatoms. The number of hydrogen-bond donors (Lipinski definition) is 1. The molecule has 0 saturated carbocycles. The van der Waals surface area contributed by atoms with E-state index in [0.717, 1.165) is 33.9 Å². The number of anilines is 2. The van der Waals surface area contributed by atoms with Crippen molar-refractivity contribution in [3.8, 4) is 5.69 Å². The third kappa shape index (κ3) is 3.61. The molecule has 1 aromatic heterocycles. The molecule has 1 aliphatic rings. The summed E-state index contributed by atoms with van der Waals surface area (Å²) in [5.41, 5.74) is 6.50. The number of aryl methyl sites for hydroxylation is 3. The Morgan fingerprint density at radius 1 is 1.03 bits per heavy atom. The molecule has 30 heavy (non-hydrogen) atoms. The molecule has 154 valence electrons. The Morgan fingerprint density at radius 2 is 1.77 bits per heavy atom. The van der Waals surface area contributed by atoms with Gasteiger partial charge in [0, 0.05) is 24.3 Å². The molecule has 2 amide bonds. The molecule has 1 aliphatic heterocycles. The third-order valence-corrected chi connectivity index (χ3v) is 5.76. The molecular formula is C24H26N4O2. The van der Waals surface area contributed by atoms with E-state index in [0.29, 0.717) is 12.2 Å². The molecule has 1 atom stereocenters. The Balaban J connectivity index is 1.55. The first kappa shape index (κ1) is 19.9. The van der Waals surface area contributed by atoms with Gasteiger partial charge >= 0.3 is 0 Å². The third-order valence-electron chi connectivity index (χ3n) is 5.76. The van der Waals surface area contributed by atoms with Gasteiger partial charge in [0.2, 0.25) is 11.8 Å². The normalized spacial score (nSPS) is 16.2. The van der Waals surface area contributed by atoms with Gasteiger partial charge < -0.3 is 10.2 Å². The number of carbonyl (C=O) groups is 2. The highest BCUT2D eigenvalue weighted by atomic mass is 16.2. The summed E-state index contributed by atoms with van der Waals surface area (Å²) in [6, 6.07) is 15.5. The van der Waals surface area contributed by atoms with E-state index in [1.54, 1.807) is 4.90 Å². The summed E-state index contributed by atoms with van der Waals surface area (Å²) >= 11 is 0. The van der Waals surface area contributed by atoms with Crippen molar-refractivity contribution in [1.29, 1.82) is 0 Å². The van der Waals surface area contributed by atoms with Crippen LogP contribution in [0.4, 0.5) is 11.4 Å². The van der Waals surface area contributed by atoms with Gasteiger partial charge in [0.1, 0.15) is 0 Å². The maximum atomic E-state index is 13.0. The van der Waals surface area contributed by atoms with E-state index >= 15 is 0 Å². The van der Waals surface area contributed by atoms with Crippen LogP contribution >= 0.6 is 0 Å². The molecule has 1 saturated heterocycles. The first-order valence-corrected chi connectivity index (χ1v) is 10.1. The van der Waals surface area contributed by atoms with Gasteiger partial charge in [-0.25, -0.2) is 4.68 Å². The smallest absolute Gasteiger partial charge is 0.229 e. The van der Waals surface area contributed by atoms with Crippen LogP contribution in [0.2, 0.25) is 0 Å². The number of amides is 2. The lowest BCUT2D eigenvalue weighted by molar-refractivity contribution is -0.122. The van der Waals surface area contributed by atoms with Crippen molar-refractivity contribution in [1.82, 2.24) is 9.78 Å². The number of carbonyl (C=O) groups excluding carboxylic acids is 2. The predicted octanol–water partition coefficient (Wildman–Crippen LogP) is 4.10. The fourth-order valence-electron chi connectivity index (χ4n) is 4.02. The molecule has 2 heterocycles. The Labute approximate surface area is 176 Å². The van der Waals surface area contributed by atoms with Crippen molar-refractivity contribution in [2.75, 3.05) is 16.8 Å². The average molecular weight is 402 g/mol. The zero-order valence-electron chi connectivity index (χ0n) is 17.8. The monoisotopic (exact) mass is 402 g/mol. The van der Waals surface area contributed by atoms with Gasteiger partial charge in [-0.05, 0) is 63.1 Å². The number of aromatic nitrogens is 2. The fourth-order valence-corrected chi connectivity index (χ4v) is 4.02. The van der Waals surface area contributed by atoms with Crippen LogP contribution in [0.5, 0.6) is 0 Å². The highest BCUT2D eigenvalue weighted by molar-refractivity contribution is 6.04. The van der Waals surface area contributed by atoms with E-state index in [1.165, 1.54) is 0 Å². The fraction of sp³-hybridized carbons (Fsp3) is 0.292. The molecule has 1 unspecified atom stereocenters. The maximum Gasteiger partial charge on any atom is 0.229 e. The van der Waals surface area contributed by atoms with Crippen LogP contribution in [0.3, 0.4) is 0 Å². The molecule has 0 radical (unpaired) electrons. The molecule has 0 spiro atoms. The van der Waals surface area contributed by atoms with Crippen LogP contribution in [0.25, 0.3) is 5.69 Å². The lowest BCUT2D eigenvalue weighted by Gasteiger charge is -2.20. The van der Waals surface area contributed by atoms with Crippen LogP contribution in [-0.4, -0.2) is 28.1 Å². The Kier molecular flexibility index (Phi) is 5.16. The predicted molar refractivity (Wildman–Crippen MR) is 118 cm³/mol. The number of benzene rings is 2. The Hall–Kier alpha value is -3.41. The number of nitrogens with one attached hydrogen (secondary N) is 1. The van der Waals surface area contributed by atoms with Crippen molar-refractivity contribution in [2.24, 2.45) is 5.92 Å². The van der Waals surface area contributed by atoms with Crippen molar-refractivity contribution < 1.29 is 9.59 Å². The van der Waals surface area contributed by atoms with E-state index in [9.17, 15) is 9.59 Å². The van der Waals surface area contributed by atoms with E-state index < -0.39 is 5.92 Å². The van der Waals surface area contributed by atoms with Crippen molar-refractivity contribution in [2.45, 2.75) is 34.1 Å². The Morgan fingerprint density at radius 3 is 2.50 bits per heavy atom. The quantitative estimate of drug-likeness (QED) is 0.715. The van der Waals surface area contributed by atoms with Gasteiger partial charge in [-0.15, -0.1) is 0 Å². The minimum Gasteiger partial charge on any atom is -0.324 e. The van der Waals surface area contributed by atoms with Crippen LogP contribution in [-0.2, 0) is 9.59 Å². The number of rotatable bonds is 4. The van der Waals surface area contributed by atoms with Crippen LogP contribution in [0, 0.1) is 33.6 Å². The topological polar surface area (TPSA) is 67.2 Å². The van der Waals surface area contributed by atoms with Crippen molar-refractivity contribution in [3.63, 3.8) is 0 Å². The maximum absolute atomic E-state index is 13.0. The first-order chi connectivity index (χ1) is 14.3. The molecule has 2 aromatic carbocycles. The van der Waals surface area contributed by atoms with Crippen LogP contribution < -0.4 is 10.2 Å². The molecule has 6 nitrogen and oxygen atoms in total. The van der Waals surface area contributed by atoms with E-state index in [-0.39, 0.29) is 18.2 Å². The summed E-state index contributed by atoms with van der Waals surface area (Å²) in [6.07, 6.45) is 0.210. The first-order valence-electron chi connectivity index (χ1n) is 10.1. The second-order valence-electron chi connectivity index (χ2n) is 7.97. The van der Waals surface area contributed by atoms with Gasteiger partial charge in [0.25, 0.3) is 0 Å². The highest BCUT2D eigenvalue weighted by Gasteiger charge is 2.36. The second kappa shape index (κ2) is 7.78. The van der Waals surface area contributed by atoms with Gasteiger partial charge in [-0.1, -0.05) is 24.3 Å². The van der Waals surface area contributed by atoms with Crippen LogP contribution in [0.15, 0.2) is 48.5 Å². The number of hydrogen-bond acceptors (Lipinski definition) is 3. The molecule has 3 aromatic rings. The van der Waals surface area contributed by atoms with Gasteiger partial charge in [-0.2, -0.15) is 5.10 Å². The molecule has 0 aliphatic carbocycles. The van der Waals surface area contributed by atoms with E-state index in [4.69, 9.17) is 0 Å².